The van der Waals surface area contributed by atoms with E-state index in [0.717, 1.165) is 10.9 Å². The molecule has 5 heteroatoms. The lowest BCUT2D eigenvalue weighted by atomic mass is 10.1. The number of hydrogen-bond donors (Lipinski definition) is 2. The lowest BCUT2D eigenvalue weighted by Gasteiger charge is -2.09. The topological polar surface area (TPSA) is 62.0 Å². The average Bonchev–Trinajstić information content (AvgIpc) is 2.52. The van der Waals surface area contributed by atoms with Crippen molar-refractivity contribution in [1.29, 1.82) is 0 Å². The van der Waals surface area contributed by atoms with Crippen molar-refractivity contribution in [3.8, 4) is 0 Å². The molecule has 0 fully saturated rings. The zero-order chi connectivity index (χ0) is 16.6. The minimum Gasteiger partial charge on any atom is -0.322 e. The molecule has 23 heavy (non-hydrogen) atoms. The number of H-pyrrole nitrogens is 1. The van der Waals surface area contributed by atoms with Gasteiger partial charge in [0.25, 0.3) is 11.5 Å². The Balaban J connectivity index is 1.97. The van der Waals surface area contributed by atoms with Crippen molar-refractivity contribution in [2.45, 2.75) is 13.8 Å². The SMILES string of the molecule is Cc1c(C)c2ccc(NC(=O)c3cccc(F)c3)cc2[nH]c1=O. The highest BCUT2D eigenvalue weighted by Gasteiger charge is 2.09. The van der Waals surface area contributed by atoms with E-state index in [-0.39, 0.29) is 11.1 Å². The Labute approximate surface area is 132 Å². The van der Waals surface area contributed by atoms with Crippen molar-refractivity contribution >= 4 is 22.5 Å². The Morgan fingerprint density at radius 2 is 1.87 bits per heavy atom. The predicted molar refractivity (Wildman–Crippen MR) is 88.4 cm³/mol. The van der Waals surface area contributed by atoms with Gasteiger partial charge in [-0.25, -0.2) is 4.39 Å². The van der Waals surface area contributed by atoms with E-state index in [1.54, 1.807) is 19.1 Å². The summed E-state index contributed by atoms with van der Waals surface area (Å²) in [5.41, 5.74) is 2.85. The number of fused-ring (bicyclic) bond motifs is 1. The van der Waals surface area contributed by atoms with E-state index in [1.165, 1.54) is 24.3 Å². The zero-order valence-electron chi connectivity index (χ0n) is 12.7. The van der Waals surface area contributed by atoms with E-state index < -0.39 is 11.7 Å². The van der Waals surface area contributed by atoms with E-state index in [0.29, 0.717) is 16.8 Å². The smallest absolute Gasteiger partial charge is 0.255 e. The number of aromatic amines is 1. The van der Waals surface area contributed by atoms with Crippen LogP contribution in [0, 0.1) is 19.7 Å². The molecule has 4 nitrogen and oxygen atoms in total. The lowest BCUT2D eigenvalue weighted by molar-refractivity contribution is 0.102. The van der Waals surface area contributed by atoms with E-state index in [4.69, 9.17) is 0 Å². The van der Waals surface area contributed by atoms with Crippen LogP contribution < -0.4 is 10.9 Å². The van der Waals surface area contributed by atoms with Gasteiger partial charge in [0.1, 0.15) is 5.82 Å². The molecule has 0 unspecified atom stereocenters. The number of pyridine rings is 1. The Morgan fingerprint density at radius 1 is 1.09 bits per heavy atom. The van der Waals surface area contributed by atoms with Crippen LogP contribution in [-0.2, 0) is 0 Å². The Morgan fingerprint density at radius 3 is 2.61 bits per heavy atom. The first-order valence-electron chi connectivity index (χ1n) is 7.16. The summed E-state index contributed by atoms with van der Waals surface area (Å²) in [5, 5.41) is 3.63. The molecule has 0 bridgehead atoms. The standard InChI is InChI=1S/C18H15FN2O2/c1-10-11(2)17(22)21-16-9-14(6-7-15(10)16)20-18(23)12-4-3-5-13(19)8-12/h3-9H,1-2H3,(H,20,23)(H,21,22). The molecule has 0 saturated heterocycles. The van der Waals surface area contributed by atoms with Gasteiger partial charge in [-0.2, -0.15) is 0 Å². The molecule has 0 aliphatic heterocycles. The maximum Gasteiger partial charge on any atom is 0.255 e. The second kappa shape index (κ2) is 5.68. The number of nitrogens with one attached hydrogen (secondary N) is 2. The summed E-state index contributed by atoms with van der Waals surface area (Å²) in [7, 11) is 0. The molecule has 1 heterocycles. The lowest BCUT2D eigenvalue weighted by Crippen LogP contribution is -2.13. The first-order valence-corrected chi connectivity index (χ1v) is 7.16. The van der Waals surface area contributed by atoms with Gasteiger partial charge in [0.05, 0.1) is 5.52 Å². The third-order valence-corrected chi connectivity index (χ3v) is 3.92. The fourth-order valence-corrected chi connectivity index (χ4v) is 2.47. The summed E-state index contributed by atoms with van der Waals surface area (Å²) >= 11 is 0. The largest absolute Gasteiger partial charge is 0.322 e. The van der Waals surface area contributed by atoms with Gasteiger partial charge in [-0.1, -0.05) is 12.1 Å². The van der Waals surface area contributed by atoms with Crippen LogP contribution in [0.3, 0.4) is 0 Å². The van der Waals surface area contributed by atoms with Gasteiger partial charge in [0.15, 0.2) is 0 Å². The van der Waals surface area contributed by atoms with Gasteiger partial charge in [-0.05, 0) is 49.7 Å². The Kier molecular flexibility index (Phi) is 3.70. The zero-order valence-corrected chi connectivity index (χ0v) is 12.7. The van der Waals surface area contributed by atoms with Crippen molar-refractivity contribution < 1.29 is 9.18 Å². The van der Waals surface area contributed by atoms with Crippen LogP contribution in [-0.4, -0.2) is 10.9 Å². The minimum absolute atomic E-state index is 0.149. The summed E-state index contributed by atoms with van der Waals surface area (Å²) in [6.45, 7) is 3.66. The second-order valence-electron chi connectivity index (χ2n) is 5.43. The predicted octanol–water partition coefficient (Wildman–Crippen LogP) is 3.54. The van der Waals surface area contributed by atoms with Crippen LogP contribution in [0.1, 0.15) is 21.5 Å². The molecule has 1 amide bonds. The number of hydrogen-bond acceptors (Lipinski definition) is 2. The molecule has 1 aromatic heterocycles. The number of amides is 1. The van der Waals surface area contributed by atoms with Crippen molar-refractivity contribution in [3.05, 3.63) is 75.3 Å². The van der Waals surface area contributed by atoms with Crippen LogP contribution in [0.25, 0.3) is 10.9 Å². The van der Waals surface area contributed by atoms with Gasteiger partial charge in [0.2, 0.25) is 0 Å². The molecule has 0 aliphatic carbocycles. The quantitative estimate of drug-likeness (QED) is 0.760. The van der Waals surface area contributed by atoms with E-state index in [9.17, 15) is 14.0 Å². The third kappa shape index (κ3) is 2.85. The minimum atomic E-state index is -0.466. The second-order valence-corrected chi connectivity index (χ2v) is 5.43. The molecular formula is C18H15FN2O2. The normalized spacial score (nSPS) is 10.7. The van der Waals surface area contributed by atoms with Crippen LogP contribution >= 0.6 is 0 Å². The maximum atomic E-state index is 13.2. The number of anilines is 1. The average molecular weight is 310 g/mol. The van der Waals surface area contributed by atoms with Crippen molar-refractivity contribution in [2.75, 3.05) is 5.32 Å². The van der Waals surface area contributed by atoms with Crippen molar-refractivity contribution in [3.63, 3.8) is 0 Å². The van der Waals surface area contributed by atoms with Crippen LogP contribution in [0.15, 0.2) is 47.3 Å². The van der Waals surface area contributed by atoms with Crippen molar-refractivity contribution in [1.82, 2.24) is 4.98 Å². The van der Waals surface area contributed by atoms with Gasteiger partial charge >= 0.3 is 0 Å². The number of aromatic nitrogens is 1. The molecule has 3 aromatic rings. The highest BCUT2D eigenvalue weighted by atomic mass is 19.1. The highest BCUT2D eigenvalue weighted by Crippen LogP contribution is 2.21. The van der Waals surface area contributed by atoms with Gasteiger partial charge in [-0.15, -0.1) is 0 Å². The molecule has 0 spiro atoms. The van der Waals surface area contributed by atoms with Crippen LogP contribution in [0.2, 0.25) is 0 Å². The monoisotopic (exact) mass is 310 g/mol. The molecular weight excluding hydrogens is 295 g/mol. The molecule has 2 aromatic carbocycles. The molecule has 3 rings (SSSR count). The number of aryl methyl sites for hydroxylation is 1. The summed E-state index contributed by atoms with van der Waals surface area (Å²) in [6, 6.07) is 10.8. The third-order valence-electron chi connectivity index (χ3n) is 3.92. The van der Waals surface area contributed by atoms with E-state index >= 15 is 0 Å². The Hall–Kier alpha value is -2.95. The Bertz CT molecular complexity index is 976. The van der Waals surface area contributed by atoms with Crippen LogP contribution in [0.4, 0.5) is 10.1 Å². The maximum absolute atomic E-state index is 13.2. The number of carbonyl (C=O) groups excluding carboxylic acids is 1. The molecule has 0 saturated carbocycles. The van der Waals surface area contributed by atoms with Gasteiger partial charge in [0, 0.05) is 22.2 Å². The number of carbonyl (C=O) groups is 1. The van der Waals surface area contributed by atoms with Gasteiger partial charge in [-0.3, -0.25) is 9.59 Å². The fourth-order valence-electron chi connectivity index (χ4n) is 2.47. The molecule has 0 radical (unpaired) electrons. The molecule has 0 aliphatic rings. The van der Waals surface area contributed by atoms with Crippen molar-refractivity contribution in [2.24, 2.45) is 0 Å². The van der Waals surface area contributed by atoms with E-state index in [1.807, 2.05) is 13.0 Å². The summed E-state index contributed by atoms with van der Waals surface area (Å²) < 4.78 is 13.2. The fraction of sp³-hybridized carbons (Fsp3) is 0.111. The first kappa shape index (κ1) is 15.0. The molecule has 116 valence electrons. The molecule has 0 atom stereocenters. The number of halogens is 1. The number of rotatable bonds is 2. The van der Waals surface area contributed by atoms with Gasteiger partial charge < -0.3 is 10.3 Å². The summed E-state index contributed by atoms with van der Waals surface area (Å²) in [4.78, 5) is 26.8. The highest BCUT2D eigenvalue weighted by molar-refractivity contribution is 6.05. The van der Waals surface area contributed by atoms with E-state index in [2.05, 4.69) is 10.3 Å². The van der Waals surface area contributed by atoms with Crippen LogP contribution in [0.5, 0.6) is 0 Å². The first-order chi connectivity index (χ1) is 11.0. The summed E-state index contributed by atoms with van der Waals surface area (Å²) in [6.07, 6.45) is 0. The number of benzene rings is 2. The summed E-state index contributed by atoms with van der Waals surface area (Å²) in [5.74, 6) is -0.873. The molecule has 2 N–H and O–H groups in total.